The van der Waals surface area contributed by atoms with E-state index in [1.165, 1.54) is 19.3 Å². The summed E-state index contributed by atoms with van der Waals surface area (Å²) in [6.07, 6.45) is 3.95. The van der Waals surface area contributed by atoms with E-state index in [2.05, 4.69) is 12.2 Å². The second-order valence-electron chi connectivity index (χ2n) is 4.41. The van der Waals surface area contributed by atoms with Crippen LogP contribution in [0.15, 0.2) is 0 Å². The van der Waals surface area contributed by atoms with Gasteiger partial charge < -0.3 is 10.1 Å². The van der Waals surface area contributed by atoms with E-state index in [0.29, 0.717) is 12.0 Å². The van der Waals surface area contributed by atoms with Gasteiger partial charge in [0.25, 0.3) is 0 Å². The predicted molar refractivity (Wildman–Crippen MR) is 56.0 cm³/mol. The largest absolute Gasteiger partial charge is 0.369 e. The lowest BCUT2D eigenvalue weighted by Crippen LogP contribution is -2.42. The van der Waals surface area contributed by atoms with Crippen LogP contribution in [-0.2, 0) is 9.53 Å². The first-order valence-electron chi connectivity index (χ1n) is 5.50. The number of ether oxygens (including phenoxy) is 1. The Labute approximate surface area is 86.2 Å². The Kier molecular flexibility index (Phi) is 4.39. The standard InChI is InChI=1S/C11H21NO2/c1-8(2)14-7-11(13)12-9(3)10-5-4-6-10/h8-10H,4-7H2,1-3H3,(H,12,13). The summed E-state index contributed by atoms with van der Waals surface area (Å²) in [5.41, 5.74) is 0. The van der Waals surface area contributed by atoms with Crippen LogP contribution < -0.4 is 5.32 Å². The molecule has 0 aromatic rings. The highest BCUT2D eigenvalue weighted by Crippen LogP contribution is 2.29. The maximum absolute atomic E-state index is 11.4. The van der Waals surface area contributed by atoms with Gasteiger partial charge in [0.15, 0.2) is 0 Å². The van der Waals surface area contributed by atoms with Gasteiger partial charge in [0.2, 0.25) is 5.91 Å². The van der Waals surface area contributed by atoms with Gasteiger partial charge in [-0.2, -0.15) is 0 Å². The highest BCUT2D eigenvalue weighted by atomic mass is 16.5. The molecule has 0 spiro atoms. The minimum Gasteiger partial charge on any atom is -0.369 e. The van der Waals surface area contributed by atoms with Crippen molar-refractivity contribution in [2.24, 2.45) is 5.92 Å². The van der Waals surface area contributed by atoms with Crippen LogP contribution in [0.2, 0.25) is 0 Å². The minimum absolute atomic E-state index is 0.0121. The lowest BCUT2D eigenvalue weighted by atomic mass is 9.80. The van der Waals surface area contributed by atoms with E-state index >= 15 is 0 Å². The third-order valence-corrected chi connectivity index (χ3v) is 2.79. The highest BCUT2D eigenvalue weighted by molar-refractivity contribution is 5.77. The topological polar surface area (TPSA) is 38.3 Å². The van der Waals surface area contributed by atoms with Crippen molar-refractivity contribution in [2.75, 3.05) is 6.61 Å². The zero-order valence-electron chi connectivity index (χ0n) is 9.38. The number of carbonyl (C=O) groups is 1. The molecule has 0 aromatic carbocycles. The third-order valence-electron chi connectivity index (χ3n) is 2.79. The fourth-order valence-electron chi connectivity index (χ4n) is 1.60. The van der Waals surface area contributed by atoms with Crippen molar-refractivity contribution in [3.63, 3.8) is 0 Å². The van der Waals surface area contributed by atoms with Gasteiger partial charge in [-0.3, -0.25) is 4.79 Å². The molecule has 3 nitrogen and oxygen atoms in total. The molecular formula is C11H21NO2. The molecule has 1 rings (SSSR count). The number of hydrogen-bond acceptors (Lipinski definition) is 2. The Morgan fingerprint density at radius 1 is 1.43 bits per heavy atom. The Bertz CT molecular complexity index is 188. The zero-order chi connectivity index (χ0) is 10.6. The van der Waals surface area contributed by atoms with Gasteiger partial charge in [-0.15, -0.1) is 0 Å². The minimum atomic E-state index is 0.0121. The predicted octanol–water partition coefficient (Wildman–Crippen LogP) is 1.72. The van der Waals surface area contributed by atoms with Crippen LogP contribution in [0.25, 0.3) is 0 Å². The van der Waals surface area contributed by atoms with Gasteiger partial charge >= 0.3 is 0 Å². The van der Waals surface area contributed by atoms with Crippen LogP contribution in [0.3, 0.4) is 0 Å². The van der Waals surface area contributed by atoms with Crippen LogP contribution in [0.4, 0.5) is 0 Å². The molecule has 3 heteroatoms. The molecule has 0 heterocycles. The fourth-order valence-corrected chi connectivity index (χ4v) is 1.60. The second-order valence-corrected chi connectivity index (χ2v) is 4.41. The Morgan fingerprint density at radius 3 is 2.50 bits per heavy atom. The molecule has 82 valence electrons. The van der Waals surface area contributed by atoms with Crippen molar-refractivity contribution in [3.05, 3.63) is 0 Å². The summed E-state index contributed by atoms with van der Waals surface area (Å²) in [6, 6.07) is 0.312. The summed E-state index contributed by atoms with van der Waals surface area (Å²) >= 11 is 0. The molecule has 1 aliphatic carbocycles. The Hall–Kier alpha value is -0.570. The van der Waals surface area contributed by atoms with E-state index in [9.17, 15) is 4.79 Å². The summed E-state index contributed by atoms with van der Waals surface area (Å²) < 4.78 is 5.22. The number of carbonyl (C=O) groups excluding carboxylic acids is 1. The molecule has 1 unspecified atom stereocenters. The second kappa shape index (κ2) is 5.35. The molecule has 1 saturated carbocycles. The van der Waals surface area contributed by atoms with E-state index in [1.54, 1.807) is 0 Å². The zero-order valence-corrected chi connectivity index (χ0v) is 9.38. The quantitative estimate of drug-likeness (QED) is 0.732. The van der Waals surface area contributed by atoms with Crippen molar-refractivity contribution in [2.45, 2.75) is 52.2 Å². The van der Waals surface area contributed by atoms with Crippen molar-refractivity contribution < 1.29 is 9.53 Å². The Balaban J connectivity index is 2.12. The number of rotatable bonds is 5. The van der Waals surface area contributed by atoms with Crippen LogP contribution in [0, 0.1) is 5.92 Å². The molecule has 14 heavy (non-hydrogen) atoms. The van der Waals surface area contributed by atoms with Crippen molar-refractivity contribution >= 4 is 5.91 Å². The van der Waals surface area contributed by atoms with Crippen molar-refractivity contribution in [1.82, 2.24) is 5.32 Å². The van der Waals surface area contributed by atoms with Gasteiger partial charge in [-0.25, -0.2) is 0 Å². The molecule has 1 amide bonds. The van der Waals surface area contributed by atoms with Crippen LogP contribution in [0.5, 0.6) is 0 Å². The Morgan fingerprint density at radius 2 is 2.07 bits per heavy atom. The fraction of sp³-hybridized carbons (Fsp3) is 0.909. The molecule has 0 aromatic heterocycles. The summed E-state index contributed by atoms with van der Waals surface area (Å²) in [6.45, 7) is 6.14. The third kappa shape index (κ3) is 3.66. The maximum atomic E-state index is 11.4. The maximum Gasteiger partial charge on any atom is 0.246 e. The lowest BCUT2D eigenvalue weighted by Gasteiger charge is -2.31. The van der Waals surface area contributed by atoms with E-state index in [-0.39, 0.29) is 18.6 Å². The monoisotopic (exact) mass is 199 g/mol. The van der Waals surface area contributed by atoms with Gasteiger partial charge in [0, 0.05) is 6.04 Å². The summed E-state index contributed by atoms with van der Waals surface area (Å²) in [7, 11) is 0. The SMILES string of the molecule is CC(C)OCC(=O)NC(C)C1CCC1. The van der Waals surface area contributed by atoms with Gasteiger partial charge in [0.05, 0.1) is 6.10 Å². The first kappa shape index (κ1) is 11.5. The number of nitrogens with one attached hydrogen (secondary N) is 1. The number of hydrogen-bond donors (Lipinski definition) is 1. The molecule has 0 saturated heterocycles. The average molecular weight is 199 g/mol. The average Bonchev–Trinajstić information content (AvgIpc) is 1.97. The van der Waals surface area contributed by atoms with Gasteiger partial charge in [0.1, 0.15) is 6.61 Å². The summed E-state index contributed by atoms with van der Waals surface area (Å²) in [4.78, 5) is 11.4. The molecule has 0 radical (unpaired) electrons. The van der Waals surface area contributed by atoms with E-state index < -0.39 is 0 Å². The summed E-state index contributed by atoms with van der Waals surface area (Å²) in [5, 5.41) is 2.97. The van der Waals surface area contributed by atoms with E-state index in [4.69, 9.17) is 4.74 Å². The number of amides is 1. The molecular weight excluding hydrogens is 178 g/mol. The van der Waals surface area contributed by atoms with Crippen molar-refractivity contribution in [3.8, 4) is 0 Å². The first-order valence-corrected chi connectivity index (χ1v) is 5.50. The highest BCUT2D eigenvalue weighted by Gasteiger charge is 2.24. The molecule has 1 aliphatic rings. The molecule has 1 fully saturated rings. The molecule has 1 atom stereocenters. The summed E-state index contributed by atoms with van der Waals surface area (Å²) in [5.74, 6) is 0.705. The van der Waals surface area contributed by atoms with Crippen LogP contribution in [0.1, 0.15) is 40.0 Å². The smallest absolute Gasteiger partial charge is 0.246 e. The molecule has 0 aliphatic heterocycles. The lowest BCUT2D eigenvalue weighted by molar-refractivity contribution is -0.128. The normalized spacial score (nSPS) is 19.1. The molecule has 0 bridgehead atoms. The van der Waals surface area contributed by atoms with Crippen LogP contribution in [-0.4, -0.2) is 24.7 Å². The molecule has 1 N–H and O–H groups in total. The van der Waals surface area contributed by atoms with Gasteiger partial charge in [-0.1, -0.05) is 6.42 Å². The van der Waals surface area contributed by atoms with Gasteiger partial charge in [-0.05, 0) is 39.5 Å². The van der Waals surface area contributed by atoms with E-state index in [0.717, 1.165) is 0 Å². The van der Waals surface area contributed by atoms with Crippen molar-refractivity contribution in [1.29, 1.82) is 0 Å². The van der Waals surface area contributed by atoms with E-state index in [1.807, 2.05) is 13.8 Å². The first-order chi connectivity index (χ1) is 6.59. The van der Waals surface area contributed by atoms with Crippen LogP contribution >= 0.6 is 0 Å².